The van der Waals surface area contributed by atoms with Gasteiger partial charge >= 0.3 is 0 Å². The highest BCUT2D eigenvalue weighted by atomic mass is 16.3. The van der Waals surface area contributed by atoms with Gasteiger partial charge in [-0.25, -0.2) is 0 Å². The molecule has 0 aliphatic carbocycles. The van der Waals surface area contributed by atoms with Crippen LogP contribution in [0.5, 0.6) is 0 Å². The molecule has 12 radical (unpaired) electrons. The summed E-state index contributed by atoms with van der Waals surface area (Å²) in [7, 11) is 39.0. The maximum absolute atomic E-state index is 6.65. The molecule has 3 nitrogen and oxygen atoms in total. The van der Waals surface area contributed by atoms with Crippen LogP contribution in [-0.4, -0.2) is 60.2 Å². The van der Waals surface area contributed by atoms with E-state index in [1.165, 1.54) is 0 Å². The lowest BCUT2D eigenvalue weighted by molar-refractivity contribution is 0.668. The highest BCUT2D eigenvalue weighted by molar-refractivity contribution is 6.43. The van der Waals surface area contributed by atoms with E-state index in [1.54, 1.807) is 0 Å². The van der Waals surface area contributed by atoms with Crippen LogP contribution in [0.3, 0.4) is 0 Å². The normalized spacial score (nSPS) is 13.9. The van der Waals surface area contributed by atoms with E-state index in [0.29, 0.717) is 44.4 Å². The van der Waals surface area contributed by atoms with Crippen molar-refractivity contribution < 1.29 is 8.83 Å². The SMILES string of the molecule is [B]/C(CNC/C([B])=C([B])\C(=C(\[B])C#C)c1cccc2oc3ccccc3c12)=C([B])/C(=C(/[B])C#C)c1cccc2oc3ccccc3c12. The zero-order valence-corrected chi connectivity index (χ0v) is 25.4. The van der Waals surface area contributed by atoms with Crippen LogP contribution in [0.25, 0.3) is 55.0 Å². The second-order valence-electron chi connectivity index (χ2n) is 10.9. The molecule has 0 fully saturated rings. The van der Waals surface area contributed by atoms with E-state index in [9.17, 15) is 0 Å². The highest BCUT2D eigenvalue weighted by Gasteiger charge is 2.18. The average molecular weight is 588 g/mol. The van der Waals surface area contributed by atoms with Gasteiger partial charge in [-0.05, 0) is 57.5 Å². The topological polar surface area (TPSA) is 38.3 Å². The molecule has 2 heterocycles. The van der Waals surface area contributed by atoms with Crippen molar-refractivity contribution in [3.8, 4) is 24.7 Å². The minimum Gasteiger partial charge on any atom is -0.456 e. The Morgan fingerprint density at radius 1 is 0.532 bits per heavy atom. The summed E-state index contributed by atoms with van der Waals surface area (Å²) in [5.41, 5.74) is 6.33. The van der Waals surface area contributed by atoms with Gasteiger partial charge in [0.25, 0.3) is 0 Å². The van der Waals surface area contributed by atoms with E-state index in [-0.39, 0.29) is 35.0 Å². The number of terminal acetylenes is 2. The van der Waals surface area contributed by atoms with E-state index in [0.717, 1.165) is 32.7 Å². The number of benzene rings is 4. The van der Waals surface area contributed by atoms with E-state index in [4.69, 9.17) is 68.8 Å². The maximum atomic E-state index is 6.65. The molecule has 0 bridgehead atoms. The molecule has 0 unspecified atom stereocenters. The van der Waals surface area contributed by atoms with Crippen LogP contribution in [0.15, 0.2) is 127 Å². The van der Waals surface area contributed by atoms with Crippen LogP contribution >= 0.6 is 0 Å². The molecule has 4 aromatic carbocycles. The first kappa shape index (κ1) is 31.9. The lowest BCUT2D eigenvalue weighted by atomic mass is 9.69. The predicted octanol–water partition coefficient (Wildman–Crippen LogP) is 5.90. The molecule has 2 aromatic heterocycles. The van der Waals surface area contributed by atoms with Gasteiger partial charge in [0, 0.05) is 34.6 Å². The Morgan fingerprint density at radius 2 is 0.915 bits per heavy atom. The molecule has 208 valence electrons. The third-order valence-corrected chi connectivity index (χ3v) is 8.05. The second kappa shape index (κ2) is 13.3. The fourth-order valence-electron chi connectivity index (χ4n) is 5.82. The Labute approximate surface area is 282 Å². The van der Waals surface area contributed by atoms with Crippen molar-refractivity contribution in [2.45, 2.75) is 0 Å². The first-order chi connectivity index (χ1) is 22.7. The summed E-state index contributed by atoms with van der Waals surface area (Å²) < 4.78 is 12.1. The van der Waals surface area contributed by atoms with E-state index in [1.807, 2.05) is 84.9 Å². The molecule has 0 amide bonds. The molecule has 0 aliphatic rings. The maximum Gasteiger partial charge on any atom is 0.136 e. The van der Waals surface area contributed by atoms with Gasteiger partial charge < -0.3 is 14.2 Å². The molecule has 47 heavy (non-hydrogen) atoms. The molecule has 1 N–H and O–H groups in total. The van der Waals surface area contributed by atoms with Gasteiger partial charge in [0.2, 0.25) is 0 Å². The summed E-state index contributed by atoms with van der Waals surface area (Å²) in [6.07, 6.45) is 11.5. The summed E-state index contributed by atoms with van der Waals surface area (Å²) in [6.45, 7) is 0.268. The molecule has 0 atom stereocenters. The number of rotatable bonds is 8. The fourth-order valence-corrected chi connectivity index (χ4v) is 5.82. The number of furan rings is 2. The number of fused-ring (bicyclic) bond motifs is 6. The Bertz CT molecular complexity index is 2260. The molecule has 0 saturated carbocycles. The minimum absolute atomic E-state index is 0.132. The zero-order chi connectivity index (χ0) is 33.2. The molecule has 0 spiro atoms. The first-order valence-electron chi connectivity index (χ1n) is 14.7. The van der Waals surface area contributed by atoms with Crippen LogP contribution in [-0.2, 0) is 0 Å². The third-order valence-electron chi connectivity index (χ3n) is 8.05. The van der Waals surface area contributed by atoms with Crippen molar-refractivity contribution in [2.75, 3.05) is 13.1 Å². The van der Waals surface area contributed by atoms with Crippen molar-refractivity contribution in [1.82, 2.24) is 5.32 Å². The molecule has 6 rings (SSSR count). The van der Waals surface area contributed by atoms with Gasteiger partial charge in [0.1, 0.15) is 69.4 Å². The van der Waals surface area contributed by atoms with Gasteiger partial charge in [-0.3, -0.25) is 0 Å². The summed E-state index contributed by atoms with van der Waals surface area (Å²) in [5.74, 6) is 5.02. The molecular formula is C38H21B6NO2. The second-order valence-corrected chi connectivity index (χ2v) is 10.9. The summed E-state index contributed by atoms with van der Waals surface area (Å²) >= 11 is 0. The van der Waals surface area contributed by atoms with Gasteiger partial charge in [-0.2, -0.15) is 0 Å². The van der Waals surface area contributed by atoms with Gasteiger partial charge in [0.05, 0.1) is 0 Å². The van der Waals surface area contributed by atoms with Gasteiger partial charge in [-0.1, -0.05) is 83.4 Å². The lowest BCUT2D eigenvalue weighted by Gasteiger charge is -2.19. The Morgan fingerprint density at radius 3 is 1.32 bits per heavy atom. The van der Waals surface area contributed by atoms with E-state index >= 15 is 0 Å². The van der Waals surface area contributed by atoms with Gasteiger partial charge in [-0.15, -0.1) is 23.8 Å². The summed E-state index contributed by atoms with van der Waals surface area (Å²) in [4.78, 5) is 0. The smallest absolute Gasteiger partial charge is 0.136 e. The average Bonchev–Trinajstić information content (AvgIpc) is 3.67. The van der Waals surface area contributed by atoms with Crippen molar-refractivity contribution in [1.29, 1.82) is 0 Å². The Hall–Kier alpha value is -5.09. The Kier molecular flexibility index (Phi) is 9.04. The fraction of sp³-hybridized carbons (Fsp3) is 0.0526. The molecule has 9 heteroatoms. The van der Waals surface area contributed by atoms with Crippen LogP contribution in [0.2, 0.25) is 0 Å². The van der Waals surface area contributed by atoms with Crippen LogP contribution in [0, 0.1) is 24.7 Å². The van der Waals surface area contributed by atoms with Crippen molar-refractivity contribution in [3.05, 3.63) is 129 Å². The minimum atomic E-state index is 0.132. The van der Waals surface area contributed by atoms with E-state index < -0.39 is 0 Å². The number of nitrogens with one attached hydrogen (secondary N) is 1. The first-order valence-corrected chi connectivity index (χ1v) is 14.7. The van der Waals surface area contributed by atoms with Crippen molar-refractivity contribution >= 4 is 102 Å². The quantitative estimate of drug-likeness (QED) is 0.137. The summed E-state index contributed by atoms with van der Waals surface area (Å²) in [6, 6.07) is 26.6. The monoisotopic (exact) mass is 589 g/mol. The number of hydrogen-bond donors (Lipinski definition) is 1. The molecule has 0 aliphatic heterocycles. The van der Waals surface area contributed by atoms with Crippen molar-refractivity contribution in [2.24, 2.45) is 0 Å². The predicted molar refractivity (Wildman–Crippen MR) is 200 cm³/mol. The van der Waals surface area contributed by atoms with Crippen molar-refractivity contribution in [3.63, 3.8) is 0 Å². The lowest BCUT2D eigenvalue weighted by Crippen LogP contribution is -2.23. The molecule has 6 aromatic rings. The number of hydrogen-bond acceptors (Lipinski definition) is 3. The van der Waals surface area contributed by atoms with Gasteiger partial charge in [0.15, 0.2) is 0 Å². The van der Waals surface area contributed by atoms with Crippen LogP contribution < -0.4 is 5.32 Å². The zero-order valence-electron chi connectivity index (χ0n) is 25.4. The van der Waals surface area contributed by atoms with E-state index in [2.05, 4.69) is 17.2 Å². The molecule has 0 saturated heterocycles. The number of para-hydroxylation sites is 2. The Balaban J connectivity index is 1.32. The highest BCUT2D eigenvalue weighted by Crippen LogP contribution is 2.39. The number of allylic oxidation sites excluding steroid dienone is 6. The summed E-state index contributed by atoms with van der Waals surface area (Å²) in [5, 5.41) is 6.65. The van der Waals surface area contributed by atoms with Crippen LogP contribution in [0.1, 0.15) is 11.1 Å². The standard InChI is InChI=1S/C38H21B6NO2/c1-3-25(39)35(23-13-9-17-31-33(23)21-11-5-7-15-29(21)46-31)37(43)27(41)19-45-20-28(42)38(44)36(26(40)4-2)24-14-10-18-32-34(24)22-12-6-8-16-30(22)47-32/h1-2,5-18,45H,19-20H2/b35-25+,36-26+,37-27-,38-28-. The molecular weight excluding hydrogens is 567 g/mol. The third kappa shape index (κ3) is 5.85. The van der Waals surface area contributed by atoms with Crippen LogP contribution in [0.4, 0.5) is 0 Å². The largest absolute Gasteiger partial charge is 0.456 e.